The SMILES string of the molecule is CO[C@@H](C)c1ncc(C#CCN2CCOCC2)cc1-c1c2c3cc(cc4c3n1CC(O)C4)-c1csc(n1)C[C@H](NC(=O)C1[C@@H](C)[C@H]1C)C(=O)N1N[C@H](C(=O)OCC(C)(C)C2)C2CC1C2. The zero-order valence-corrected chi connectivity index (χ0v) is 38.4. The molecule has 3 N–H and O–H groups in total. The highest BCUT2D eigenvalue weighted by Gasteiger charge is 2.53. The van der Waals surface area contributed by atoms with Gasteiger partial charge in [0.15, 0.2) is 0 Å². The van der Waals surface area contributed by atoms with Gasteiger partial charge in [0.05, 0.1) is 66.2 Å². The number of aliphatic hydroxyl groups excluding tert-OH is 1. The summed E-state index contributed by atoms with van der Waals surface area (Å²) in [5, 5.41) is 20.1. The molecule has 8 bridgehead atoms. The van der Waals surface area contributed by atoms with Crippen LogP contribution in [0.1, 0.15) is 81.0 Å². The summed E-state index contributed by atoms with van der Waals surface area (Å²) in [6, 6.07) is 4.81. The lowest BCUT2D eigenvalue weighted by Crippen LogP contribution is -2.71. The van der Waals surface area contributed by atoms with Crippen molar-refractivity contribution >= 4 is 40.0 Å². The van der Waals surface area contributed by atoms with E-state index in [1.165, 1.54) is 11.3 Å². The fourth-order valence-electron chi connectivity index (χ4n) is 10.7. The molecule has 5 fully saturated rings. The summed E-state index contributed by atoms with van der Waals surface area (Å²) >= 11 is 1.47. The maximum atomic E-state index is 14.5. The number of thiazole rings is 1. The number of benzene rings is 1. The van der Waals surface area contributed by atoms with Gasteiger partial charge in [-0.3, -0.25) is 29.3 Å². The molecule has 11 rings (SSSR count). The number of carbonyl (C=O) groups excluding carboxylic acids is 3. The fraction of sp³-hybridized carbons (Fsp3) is 0.571. The van der Waals surface area contributed by atoms with E-state index >= 15 is 0 Å². The van der Waals surface area contributed by atoms with E-state index in [1.807, 2.05) is 18.5 Å². The average Bonchev–Trinajstić information content (AvgIpc) is 3.52. The largest absolute Gasteiger partial charge is 0.464 e. The van der Waals surface area contributed by atoms with Gasteiger partial charge in [0.25, 0.3) is 5.91 Å². The number of rotatable bonds is 6. The molecule has 3 saturated heterocycles. The van der Waals surface area contributed by atoms with E-state index in [-0.39, 0.29) is 60.7 Å². The summed E-state index contributed by atoms with van der Waals surface area (Å²) in [4.78, 5) is 54.7. The van der Waals surface area contributed by atoms with Crippen molar-refractivity contribution in [1.82, 2.24) is 35.2 Å². The van der Waals surface area contributed by atoms with Crippen LogP contribution in [0.5, 0.6) is 0 Å². The van der Waals surface area contributed by atoms with Crippen LogP contribution in [-0.4, -0.2) is 118 Å². The molecule has 2 unspecified atom stereocenters. The standard InChI is InChI=1S/C49H59N7O7S/c1-26-27(2)41(26)46(58)52-38-20-40-51-39(24-64-40)30-15-32-18-34(57)23-55-44(32)35(19-30)37(21-49(4,5)25-63-48(60)43-31-16-33(17-31)56(53-43)47(38)59)45(55)36-14-29(22-50-42(36)28(3)61-6)8-7-9-54-10-12-62-13-11-54/h14-15,19,22,24,26-28,31,33-34,38,41,43,53,57H,9-13,16-18,20-21,23,25H2,1-6H3,(H,52,58)/t26-,27+,28-,31?,33?,34?,38-,41?,43-/m0/s1. The summed E-state index contributed by atoms with van der Waals surface area (Å²) in [6.45, 7) is 14.6. The highest BCUT2D eigenvalue weighted by molar-refractivity contribution is 7.10. The minimum Gasteiger partial charge on any atom is -0.464 e. The molecule has 1 aromatic carbocycles. The van der Waals surface area contributed by atoms with Crippen molar-refractivity contribution in [3.8, 4) is 34.4 Å². The number of pyridine rings is 1. The van der Waals surface area contributed by atoms with Crippen molar-refractivity contribution in [2.45, 2.75) is 104 Å². The number of carbonyl (C=O) groups is 3. The van der Waals surface area contributed by atoms with Crippen molar-refractivity contribution < 1.29 is 33.7 Å². The van der Waals surface area contributed by atoms with E-state index in [1.54, 1.807) is 12.1 Å². The molecule has 2 amide bonds. The smallest absolute Gasteiger partial charge is 0.325 e. The topological polar surface area (TPSA) is 160 Å². The molecule has 15 heteroatoms. The first-order valence-corrected chi connectivity index (χ1v) is 23.8. The summed E-state index contributed by atoms with van der Waals surface area (Å²) in [6.07, 6.45) is 3.39. The van der Waals surface area contributed by atoms with Crippen molar-refractivity contribution in [2.24, 2.45) is 29.1 Å². The Kier molecular flexibility index (Phi) is 11.4. The van der Waals surface area contributed by atoms with Crippen LogP contribution in [0.4, 0.5) is 0 Å². The monoisotopic (exact) mass is 889 g/mol. The molecule has 64 heavy (non-hydrogen) atoms. The number of methoxy groups -OCH3 is 1. The van der Waals surface area contributed by atoms with E-state index < -0.39 is 29.6 Å². The van der Waals surface area contributed by atoms with Crippen LogP contribution in [-0.2, 0) is 54.4 Å². The van der Waals surface area contributed by atoms with Crippen LogP contribution in [0.3, 0.4) is 0 Å². The van der Waals surface area contributed by atoms with Crippen molar-refractivity contribution in [2.75, 3.05) is 46.6 Å². The van der Waals surface area contributed by atoms with Crippen LogP contribution in [0.25, 0.3) is 33.4 Å². The van der Waals surface area contributed by atoms with Crippen LogP contribution < -0.4 is 10.7 Å². The molecule has 2 aliphatic carbocycles. The van der Waals surface area contributed by atoms with Gasteiger partial charge in [-0.15, -0.1) is 11.3 Å². The van der Waals surface area contributed by atoms with Gasteiger partial charge in [0.1, 0.15) is 12.1 Å². The predicted octanol–water partition coefficient (Wildman–Crippen LogP) is 4.68. The first-order chi connectivity index (χ1) is 30.8. The number of amides is 2. The molecular formula is C49H59N7O7S. The van der Waals surface area contributed by atoms with E-state index in [4.69, 9.17) is 24.2 Å². The Morgan fingerprint density at radius 3 is 2.67 bits per heavy atom. The molecule has 3 aromatic heterocycles. The third-order valence-corrected chi connectivity index (χ3v) is 15.6. The fourth-order valence-corrected chi connectivity index (χ4v) is 11.5. The van der Waals surface area contributed by atoms with Gasteiger partial charge in [-0.2, -0.15) is 0 Å². The Bertz CT molecular complexity index is 2560. The van der Waals surface area contributed by atoms with Gasteiger partial charge < -0.3 is 29.2 Å². The lowest BCUT2D eigenvalue weighted by Gasteiger charge is -2.53. The highest BCUT2D eigenvalue weighted by atomic mass is 32.1. The van der Waals surface area contributed by atoms with E-state index in [0.717, 1.165) is 73.9 Å². The summed E-state index contributed by atoms with van der Waals surface area (Å²) < 4.78 is 20.0. The average molecular weight is 890 g/mol. The van der Waals surface area contributed by atoms with E-state index in [0.29, 0.717) is 52.0 Å². The zero-order valence-electron chi connectivity index (χ0n) is 37.6. The number of hydrogen-bond acceptors (Lipinski definition) is 12. The summed E-state index contributed by atoms with van der Waals surface area (Å²) in [5.74, 6) is 6.37. The minimum atomic E-state index is -0.871. The van der Waals surface area contributed by atoms with E-state index in [2.05, 4.69) is 77.9 Å². The highest BCUT2D eigenvalue weighted by Crippen LogP contribution is 2.47. The molecule has 4 aromatic rings. The molecule has 338 valence electrons. The number of hydrogen-bond donors (Lipinski definition) is 3. The molecular weight excluding hydrogens is 831 g/mol. The second kappa shape index (κ2) is 16.9. The van der Waals surface area contributed by atoms with Crippen LogP contribution in [0.15, 0.2) is 29.8 Å². The maximum absolute atomic E-state index is 14.5. The van der Waals surface area contributed by atoms with Gasteiger partial charge >= 0.3 is 5.97 Å². The van der Waals surface area contributed by atoms with Gasteiger partial charge in [0.2, 0.25) is 5.91 Å². The Hall–Kier alpha value is -4.69. The summed E-state index contributed by atoms with van der Waals surface area (Å²) in [5.41, 5.74) is 10.8. The van der Waals surface area contributed by atoms with E-state index in [9.17, 15) is 19.5 Å². The predicted molar refractivity (Wildman–Crippen MR) is 242 cm³/mol. The lowest BCUT2D eigenvalue weighted by atomic mass is 9.73. The van der Waals surface area contributed by atoms with Crippen molar-refractivity contribution in [3.63, 3.8) is 0 Å². The second-order valence-corrected chi connectivity index (χ2v) is 20.8. The Labute approximate surface area is 378 Å². The number of nitrogens with one attached hydrogen (secondary N) is 2. The number of morpholine rings is 1. The first kappa shape index (κ1) is 43.2. The third kappa shape index (κ3) is 8.04. The number of esters is 1. The number of nitrogens with zero attached hydrogens (tertiary/aromatic N) is 5. The van der Waals surface area contributed by atoms with Gasteiger partial charge in [0, 0.05) is 90.6 Å². The zero-order chi connectivity index (χ0) is 44.6. The van der Waals surface area contributed by atoms with Gasteiger partial charge in [-0.1, -0.05) is 39.5 Å². The normalized spacial score (nSPS) is 29.2. The first-order valence-electron chi connectivity index (χ1n) is 23.0. The quantitative estimate of drug-likeness (QED) is 0.182. The van der Waals surface area contributed by atoms with Crippen LogP contribution in [0, 0.1) is 40.9 Å². The molecule has 5 aliphatic heterocycles. The maximum Gasteiger partial charge on any atom is 0.325 e. The van der Waals surface area contributed by atoms with Gasteiger partial charge in [-0.25, -0.2) is 10.4 Å². The number of aliphatic hydroxyl groups is 1. The Morgan fingerprint density at radius 2 is 1.92 bits per heavy atom. The number of hydrazine groups is 1. The minimum absolute atomic E-state index is 0.0466. The van der Waals surface area contributed by atoms with Crippen molar-refractivity contribution in [3.05, 3.63) is 57.2 Å². The number of ether oxygens (including phenoxy) is 3. The number of cyclic esters (lactones) is 1. The van der Waals surface area contributed by atoms with Gasteiger partial charge in [-0.05, 0) is 73.3 Å². The Balaban J connectivity index is 1.11. The Morgan fingerprint density at radius 1 is 1.14 bits per heavy atom. The summed E-state index contributed by atoms with van der Waals surface area (Å²) in [7, 11) is 1.68. The van der Waals surface area contributed by atoms with Crippen LogP contribution >= 0.6 is 11.3 Å². The molecule has 14 nitrogen and oxygen atoms in total. The number of fused-ring (bicyclic) bond motifs is 4. The molecule has 8 heterocycles. The second-order valence-electron chi connectivity index (χ2n) is 19.8. The van der Waals surface area contributed by atoms with Crippen LogP contribution in [0.2, 0.25) is 0 Å². The molecule has 0 radical (unpaired) electrons. The molecule has 7 atom stereocenters. The molecule has 2 saturated carbocycles. The van der Waals surface area contributed by atoms with Crippen molar-refractivity contribution in [1.29, 1.82) is 0 Å². The molecule has 7 aliphatic rings. The number of aromatic nitrogens is 3. The third-order valence-electron chi connectivity index (χ3n) is 14.7. The lowest BCUT2D eigenvalue weighted by molar-refractivity contribution is -0.171. The molecule has 0 spiro atoms.